The molecule has 1 heterocycles. The Kier molecular flexibility index (Phi) is 2.23. The van der Waals surface area contributed by atoms with Gasteiger partial charge in [0, 0.05) is 11.9 Å². The van der Waals surface area contributed by atoms with Gasteiger partial charge in [-0.05, 0) is 6.92 Å². The molecule has 64 valence electrons. The van der Waals surface area contributed by atoms with Gasteiger partial charge in [0.15, 0.2) is 0 Å². The highest BCUT2D eigenvalue weighted by atomic mass is 16.5. The maximum Gasteiger partial charge on any atom is 0.362 e. The minimum Gasteiger partial charge on any atom is -0.464 e. The van der Waals surface area contributed by atoms with Gasteiger partial charge in [0.1, 0.15) is 0 Å². The van der Waals surface area contributed by atoms with E-state index in [4.69, 9.17) is 0 Å². The summed E-state index contributed by atoms with van der Waals surface area (Å²) in [6.07, 6.45) is 1.40. The average Bonchev–Trinajstić information content (AvgIpc) is 2.03. The van der Waals surface area contributed by atoms with Gasteiger partial charge < -0.3 is 9.72 Å². The average molecular weight is 168 g/mol. The number of hydrogen-bond donors (Lipinski definition) is 1. The zero-order valence-electron chi connectivity index (χ0n) is 6.75. The van der Waals surface area contributed by atoms with Crippen molar-refractivity contribution in [2.45, 2.75) is 6.92 Å². The lowest BCUT2D eigenvalue weighted by molar-refractivity contribution is 0.0591. The van der Waals surface area contributed by atoms with Gasteiger partial charge in [-0.3, -0.25) is 4.79 Å². The number of hydrogen-bond acceptors (Lipinski definition) is 4. The summed E-state index contributed by atoms with van der Waals surface area (Å²) in [5, 5.41) is 0. The molecular weight excluding hydrogens is 160 g/mol. The maximum absolute atomic E-state index is 11.0. The first-order valence-electron chi connectivity index (χ1n) is 3.29. The summed E-state index contributed by atoms with van der Waals surface area (Å²) in [5.41, 5.74) is -0.141. The Labute approximate surface area is 68.4 Å². The number of aryl methyl sites for hydroxylation is 1. The van der Waals surface area contributed by atoms with Crippen LogP contribution in [0.1, 0.15) is 16.2 Å². The molecule has 1 aromatic rings. The van der Waals surface area contributed by atoms with Crippen LogP contribution in [-0.4, -0.2) is 23.0 Å². The zero-order chi connectivity index (χ0) is 9.14. The van der Waals surface area contributed by atoms with E-state index in [0.29, 0.717) is 5.69 Å². The number of aromatic amines is 1. The van der Waals surface area contributed by atoms with Crippen LogP contribution in [-0.2, 0) is 4.74 Å². The van der Waals surface area contributed by atoms with E-state index in [2.05, 4.69) is 14.7 Å². The summed E-state index contributed by atoms with van der Waals surface area (Å²) in [5.74, 6) is -0.726. The lowest BCUT2D eigenvalue weighted by atomic mass is 10.4. The molecule has 0 atom stereocenters. The van der Waals surface area contributed by atoms with Crippen molar-refractivity contribution in [3.8, 4) is 0 Å². The monoisotopic (exact) mass is 168 g/mol. The van der Waals surface area contributed by atoms with Crippen LogP contribution >= 0.6 is 0 Å². The van der Waals surface area contributed by atoms with Crippen molar-refractivity contribution in [3.63, 3.8) is 0 Å². The van der Waals surface area contributed by atoms with Crippen LogP contribution in [0.3, 0.4) is 0 Å². The molecule has 0 aliphatic rings. The molecule has 0 saturated heterocycles. The number of carbonyl (C=O) groups is 1. The molecule has 0 spiro atoms. The topological polar surface area (TPSA) is 72.0 Å². The molecule has 0 saturated carbocycles. The number of esters is 1. The van der Waals surface area contributed by atoms with Crippen molar-refractivity contribution in [1.29, 1.82) is 0 Å². The van der Waals surface area contributed by atoms with Crippen molar-refractivity contribution in [3.05, 3.63) is 27.9 Å². The molecular formula is C7H8N2O3. The first-order chi connectivity index (χ1) is 5.65. The number of nitrogens with zero attached hydrogens (tertiary/aromatic N) is 1. The van der Waals surface area contributed by atoms with E-state index in [0.717, 1.165) is 0 Å². The summed E-state index contributed by atoms with van der Waals surface area (Å²) in [6.45, 7) is 1.68. The minimum absolute atomic E-state index is 0.219. The van der Waals surface area contributed by atoms with Gasteiger partial charge in [-0.2, -0.15) is 0 Å². The minimum atomic E-state index is -0.726. The van der Waals surface area contributed by atoms with Gasteiger partial charge >= 0.3 is 5.97 Å². The Hall–Kier alpha value is -1.65. The lowest BCUT2D eigenvalue weighted by Gasteiger charge is -1.96. The van der Waals surface area contributed by atoms with Crippen LogP contribution in [0.4, 0.5) is 0 Å². The zero-order valence-corrected chi connectivity index (χ0v) is 6.75. The molecule has 0 unspecified atom stereocenters. The predicted molar refractivity (Wildman–Crippen MR) is 40.9 cm³/mol. The first kappa shape index (κ1) is 8.45. The highest BCUT2D eigenvalue weighted by molar-refractivity contribution is 5.86. The Morgan fingerprint density at radius 2 is 2.33 bits per heavy atom. The van der Waals surface area contributed by atoms with E-state index in [1.54, 1.807) is 6.92 Å². The highest BCUT2D eigenvalue weighted by Crippen LogP contribution is 1.89. The summed E-state index contributed by atoms with van der Waals surface area (Å²) < 4.78 is 4.34. The van der Waals surface area contributed by atoms with E-state index in [-0.39, 0.29) is 5.69 Å². The van der Waals surface area contributed by atoms with Crippen LogP contribution < -0.4 is 5.56 Å². The van der Waals surface area contributed by atoms with E-state index in [1.165, 1.54) is 13.3 Å². The van der Waals surface area contributed by atoms with Crippen LogP contribution in [0, 0.1) is 6.92 Å². The summed E-state index contributed by atoms with van der Waals surface area (Å²) in [6, 6.07) is 0. The Morgan fingerprint density at radius 1 is 1.67 bits per heavy atom. The molecule has 1 aromatic heterocycles. The second kappa shape index (κ2) is 3.17. The van der Waals surface area contributed by atoms with Gasteiger partial charge in [-0.25, -0.2) is 9.78 Å². The molecule has 0 radical (unpaired) electrons. The number of aromatic nitrogens is 2. The normalized spacial score (nSPS) is 9.50. The third-order valence-electron chi connectivity index (χ3n) is 1.29. The van der Waals surface area contributed by atoms with Gasteiger partial charge in [0.2, 0.25) is 5.69 Å². The largest absolute Gasteiger partial charge is 0.464 e. The predicted octanol–water partition coefficient (Wildman–Crippen LogP) is -0.135. The quantitative estimate of drug-likeness (QED) is 0.592. The number of rotatable bonds is 1. The van der Waals surface area contributed by atoms with Crippen LogP contribution in [0.2, 0.25) is 0 Å². The molecule has 0 fully saturated rings. The standard InChI is InChI=1S/C7H8N2O3/c1-4-3-8-5(6(10)9-4)7(11)12-2/h3H,1-2H3,(H,9,10). The highest BCUT2D eigenvalue weighted by Gasteiger charge is 2.11. The lowest BCUT2D eigenvalue weighted by Crippen LogP contribution is -2.21. The fourth-order valence-corrected chi connectivity index (χ4v) is 0.733. The SMILES string of the molecule is COC(=O)c1ncc(C)[nH]c1=O. The van der Waals surface area contributed by atoms with Gasteiger partial charge in [0.25, 0.3) is 5.56 Å². The van der Waals surface area contributed by atoms with Crippen molar-refractivity contribution in [1.82, 2.24) is 9.97 Å². The first-order valence-corrected chi connectivity index (χ1v) is 3.29. The summed E-state index contributed by atoms with van der Waals surface area (Å²) in [7, 11) is 1.20. The molecule has 1 rings (SSSR count). The van der Waals surface area contributed by atoms with Crippen molar-refractivity contribution in [2.75, 3.05) is 7.11 Å². The van der Waals surface area contributed by atoms with Crippen molar-refractivity contribution < 1.29 is 9.53 Å². The van der Waals surface area contributed by atoms with Gasteiger partial charge in [0.05, 0.1) is 7.11 Å². The van der Waals surface area contributed by atoms with E-state index in [1.807, 2.05) is 0 Å². The number of methoxy groups -OCH3 is 1. The fraction of sp³-hybridized carbons (Fsp3) is 0.286. The number of ether oxygens (including phenoxy) is 1. The summed E-state index contributed by atoms with van der Waals surface area (Å²) in [4.78, 5) is 27.9. The Balaban J connectivity index is 3.19. The van der Waals surface area contributed by atoms with Gasteiger partial charge in [-0.15, -0.1) is 0 Å². The molecule has 1 N–H and O–H groups in total. The molecule has 0 aromatic carbocycles. The molecule has 0 amide bonds. The van der Waals surface area contributed by atoms with Crippen LogP contribution in [0.5, 0.6) is 0 Å². The van der Waals surface area contributed by atoms with E-state index in [9.17, 15) is 9.59 Å². The van der Waals surface area contributed by atoms with Crippen molar-refractivity contribution >= 4 is 5.97 Å². The smallest absolute Gasteiger partial charge is 0.362 e. The molecule has 5 nitrogen and oxygen atoms in total. The van der Waals surface area contributed by atoms with Crippen LogP contribution in [0.25, 0.3) is 0 Å². The molecule has 0 aliphatic heterocycles. The number of carbonyl (C=O) groups excluding carboxylic acids is 1. The van der Waals surface area contributed by atoms with Crippen molar-refractivity contribution in [2.24, 2.45) is 0 Å². The van der Waals surface area contributed by atoms with Crippen LogP contribution in [0.15, 0.2) is 11.0 Å². The molecule has 5 heteroatoms. The third-order valence-corrected chi connectivity index (χ3v) is 1.29. The second-order valence-corrected chi connectivity index (χ2v) is 2.24. The van der Waals surface area contributed by atoms with E-state index < -0.39 is 11.5 Å². The fourth-order valence-electron chi connectivity index (χ4n) is 0.733. The molecule has 0 aliphatic carbocycles. The number of nitrogens with one attached hydrogen (secondary N) is 1. The maximum atomic E-state index is 11.0. The molecule has 12 heavy (non-hydrogen) atoms. The Bertz CT molecular complexity index is 356. The summed E-state index contributed by atoms with van der Waals surface area (Å²) >= 11 is 0. The molecule has 0 bridgehead atoms. The third kappa shape index (κ3) is 1.50. The van der Waals surface area contributed by atoms with E-state index >= 15 is 0 Å². The van der Waals surface area contributed by atoms with Gasteiger partial charge in [-0.1, -0.05) is 0 Å². The second-order valence-electron chi connectivity index (χ2n) is 2.24. The number of H-pyrrole nitrogens is 1. The Morgan fingerprint density at radius 3 is 2.83 bits per heavy atom.